The molecule has 0 fully saturated rings. The van der Waals surface area contributed by atoms with Gasteiger partial charge in [0.15, 0.2) is 0 Å². The maximum Gasteiger partial charge on any atom is 0.137 e. The van der Waals surface area contributed by atoms with E-state index in [2.05, 4.69) is 240 Å². The normalized spacial score (nSPS) is 13.0. The monoisotopic (exact) mass is 854 g/mol. The summed E-state index contributed by atoms with van der Waals surface area (Å²) in [5.74, 6) is 2.40. The van der Waals surface area contributed by atoms with Crippen molar-refractivity contribution in [1.29, 1.82) is 0 Å². The lowest BCUT2D eigenvalue weighted by atomic mass is 9.78. The van der Waals surface area contributed by atoms with Gasteiger partial charge in [0, 0.05) is 86.9 Å². The fourth-order valence-electron chi connectivity index (χ4n) is 10.9. The molecule has 1 aliphatic heterocycles. The van der Waals surface area contributed by atoms with Gasteiger partial charge in [-0.3, -0.25) is 4.57 Å². The quantitative estimate of drug-likeness (QED) is 0.160. The fourth-order valence-corrected chi connectivity index (χ4v) is 10.9. The maximum absolute atomic E-state index is 6.84. The van der Waals surface area contributed by atoms with E-state index < -0.39 is 0 Å². The van der Waals surface area contributed by atoms with Crippen molar-refractivity contribution in [3.8, 4) is 17.3 Å². The van der Waals surface area contributed by atoms with Crippen LogP contribution in [0.15, 0.2) is 194 Å². The molecule has 0 amide bonds. The minimum Gasteiger partial charge on any atom is -0.457 e. The Morgan fingerprint density at radius 2 is 1.03 bits per heavy atom. The summed E-state index contributed by atoms with van der Waals surface area (Å²) in [6, 6.07) is 67.3. The molecule has 0 bridgehead atoms. The van der Waals surface area contributed by atoms with Gasteiger partial charge in [0.25, 0.3) is 0 Å². The van der Waals surface area contributed by atoms with E-state index in [1.807, 2.05) is 6.20 Å². The molecule has 13 rings (SSSR count). The summed E-state index contributed by atoms with van der Waals surface area (Å²) in [4.78, 5) is 9.91. The van der Waals surface area contributed by atoms with Gasteiger partial charge >= 0.3 is 0 Å². The predicted octanol–water partition coefficient (Wildman–Crippen LogP) is 14.8. The number of para-hydroxylation sites is 5. The van der Waals surface area contributed by atoms with Gasteiger partial charge in [-0.15, -0.1) is 0 Å². The summed E-state index contributed by atoms with van der Waals surface area (Å²) < 4.78 is 13.9. The van der Waals surface area contributed by atoms with Crippen LogP contribution in [0.25, 0.3) is 71.2 Å². The number of pyridine rings is 1. The summed E-state index contributed by atoms with van der Waals surface area (Å²) in [5.41, 5.74) is 13.8. The number of anilines is 4. The lowest BCUT2D eigenvalue weighted by Gasteiger charge is -2.26. The van der Waals surface area contributed by atoms with Crippen molar-refractivity contribution in [2.45, 2.75) is 19.3 Å². The first-order valence-corrected chi connectivity index (χ1v) is 22.7. The highest BCUT2D eigenvalue weighted by Crippen LogP contribution is 2.51. The van der Waals surface area contributed by atoms with Gasteiger partial charge in [-0.05, 0) is 83.9 Å². The van der Waals surface area contributed by atoms with Crippen molar-refractivity contribution in [2.24, 2.45) is 14.1 Å². The molecule has 4 aromatic heterocycles. The molecule has 318 valence electrons. The molecule has 5 heterocycles. The Morgan fingerprint density at radius 3 is 1.73 bits per heavy atom. The van der Waals surface area contributed by atoms with Crippen LogP contribution in [0.5, 0.6) is 11.5 Å². The zero-order valence-electron chi connectivity index (χ0n) is 37.3. The van der Waals surface area contributed by atoms with E-state index in [1.54, 1.807) is 0 Å². The Hall–Kier alpha value is -8.29. The molecule has 0 unspecified atom stereocenters. The fraction of sp³-hybridized carbons (Fsp3) is 0.102. The molecular formula is C59H46N6O. The molecule has 0 radical (unpaired) electrons. The van der Waals surface area contributed by atoms with Gasteiger partial charge in [-0.25, -0.2) is 4.98 Å². The van der Waals surface area contributed by atoms with Crippen LogP contribution < -0.4 is 14.5 Å². The number of ether oxygens (including phenoxy) is 1. The number of aryl methyl sites for hydroxylation is 2. The first kappa shape index (κ1) is 38.2. The number of nitrogens with zero attached hydrogens (tertiary/aromatic N) is 6. The van der Waals surface area contributed by atoms with Crippen molar-refractivity contribution in [2.75, 3.05) is 16.5 Å². The first-order valence-electron chi connectivity index (χ1n) is 22.7. The Morgan fingerprint density at radius 1 is 0.455 bits per heavy atom. The maximum atomic E-state index is 6.84. The largest absolute Gasteiger partial charge is 0.457 e. The first-order chi connectivity index (χ1) is 32.3. The number of hydrogen-bond donors (Lipinski definition) is 0. The molecule has 0 N–H and O–H groups in total. The molecular weight excluding hydrogens is 809 g/mol. The van der Waals surface area contributed by atoms with Crippen LogP contribution in [0, 0.1) is 0 Å². The third-order valence-electron chi connectivity index (χ3n) is 14.2. The minimum atomic E-state index is -0.213. The highest BCUT2D eigenvalue weighted by molar-refractivity contribution is 6.25. The van der Waals surface area contributed by atoms with Crippen LogP contribution >= 0.6 is 0 Å². The van der Waals surface area contributed by atoms with Crippen LogP contribution in [0.4, 0.5) is 22.7 Å². The Balaban J connectivity index is 0.902. The number of rotatable bonds is 7. The van der Waals surface area contributed by atoms with Gasteiger partial charge in [0.1, 0.15) is 24.0 Å². The van der Waals surface area contributed by atoms with E-state index in [9.17, 15) is 0 Å². The lowest BCUT2D eigenvalue weighted by molar-refractivity contribution is 0.483. The topological polar surface area (TPSA) is 43.4 Å². The average molecular weight is 855 g/mol. The van der Waals surface area contributed by atoms with Crippen molar-refractivity contribution >= 4 is 88.2 Å². The Bertz CT molecular complexity index is 3820. The standard InChI is InChI=1S/C59H46N6O/c1-59(2,38-17-6-5-7-18-38)39-31-32-60-55(33-39)65-51-26-13-10-21-43(51)46-30-29-42(35-54(46)65)66-41-20-16-19-40(34-41)63-37-64(53-28-15-14-27-52(53)63)58-56-47(44-22-8-11-24-49(44)61(56)3)36-48-45-23-9-12-25-50(45)62(4)57(48)58/h5-36H,37H2,1-4H3. The van der Waals surface area contributed by atoms with E-state index in [-0.39, 0.29) is 5.41 Å². The van der Waals surface area contributed by atoms with Crippen LogP contribution in [-0.4, -0.2) is 25.4 Å². The third kappa shape index (κ3) is 5.59. The molecule has 1 aliphatic rings. The minimum absolute atomic E-state index is 0.213. The van der Waals surface area contributed by atoms with Gasteiger partial charge in [-0.1, -0.05) is 117 Å². The van der Waals surface area contributed by atoms with Crippen LogP contribution in [-0.2, 0) is 19.5 Å². The van der Waals surface area contributed by atoms with E-state index >= 15 is 0 Å². The summed E-state index contributed by atoms with van der Waals surface area (Å²) in [7, 11) is 4.42. The van der Waals surface area contributed by atoms with Crippen LogP contribution in [0.2, 0.25) is 0 Å². The van der Waals surface area contributed by atoms with Crippen LogP contribution in [0.3, 0.4) is 0 Å². The number of benzene rings is 8. The van der Waals surface area contributed by atoms with E-state index in [1.165, 1.54) is 65.8 Å². The van der Waals surface area contributed by atoms with Crippen molar-refractivity contribution in [3.05, 3.63) is 205 Å². The van der Waals surface area contributed by atoms with Crippen LogP contribution in [0.1, 0.15) is 25.0 Å². The third-order valence-corrected chi connectivity index (χ3v) is 14.2. The molecule has 0 atom stereocenters. The van der Waals surface area contributed by atoms with Crippen molar-refractivity contribution < 1.29 is 4.74 Å². The molecule has 66 heavy (non-hydrogen) atoms. The molecule has 8 aromatic carbocycles. The van der Waals surface area contributed by atoms with Gasteiger partial charge in [0.05, 0.1) is 39.1 Å². The summed E-state index contributed by atoms with van der Waals surface area (Å²) in [5, 5.41) is 7.36. The number of aromatic nitrogens is 4. The number of hydrogen-bond acceptors (Lipinski definition) is 4. The molecule has 0 saturated heterocycles. The molecule has 0 saturated carbocycles. The lowest BCUT2D eigenvalue weighted by Crippen LogP contribution is -2.25. The SMILES string of the molecule is Cn1c2ccccc2c2cc3c4ccccc4n(C)c3c(N3CN(c4cccc(Oc5ccc6c7ccccc7n(-c7cc(C(C)(C)c8ccccc8)ccn7)c6c5)c4)c4ccccc43)c21. The highest BCUT2D eigenvalue weighted by atomic mass is 16.5. The van der Waals surface area contributed by atoms with Gasteiger partial charge in [0.2, 0.25) is 0 Å². The Kier molecular flexibility index (Phi) is 8.31. The van der Waals surface area contributed by atoms with E-state index in [0.29, 0.717) is 6.67 Å². The average Bonchev–Trinajstić information content (AvgIpc) is 4.08. The summed E-state index contributed by atoms with van der Waals surface area (Å²) in [6.07, 6.45) is 1.94. The van der Waals surface area contributed by atoms with Crippen molar-refractivity contribution in [3.63, 3.8) is 0 Å². The highest BCUT2D eigenvalue weighted by Gasteiger charge is 2.33. The zero-order chi connectivity index (χ0) is 44.3. The molecule has 12 aromatic rings. The molecule has 7 heteroatoms. The molecule has 0 aliphatic carbocycles. The van der Waals surface area contributed by atoms with E-state index in [4.69, 9.17) is 9.72 Å². The summed E-state index contributed by atoms with van der Waals surface area (Å²) in [6.45, 7) is 5.18. The number of fused-ring (bicyclic) bond motifs is 10. The summed E-state index contributed by atoms with van der Waals surface area (Å²) >= 11 is 0. The smallest absolute Gasteiger partial charge is 0.137 e. The molecule has 0 spiro atoms. The Labute approximate surface area is 382 Å². The van der Waals surface area contributed by atoms with E-state index in [0.717, 1.165) is 50.8 Å². The second-order valence-electron chi connectivity index (χ2n) is 18.2. The van der Waals surface area contributed by atoms with Crippen molar-refractivity contribution in [1.82, 2.24) is 18.7 Å². The second kappa shape index (κ2) is 14.4. The van der Waals surface area contributed by atoms with Gasteiger partial charge < -0.3 is 23.7 Å². The second-order valence-corrected chi connectivity index (χ2v) is 18.2. The molecule has 7 nitrogen and oxygen atoms in total. The predicted molar refractivity (Wildman–Crippen MR) is 274 cm³/mol. The van der Waals surface area contributed by atoms with Gasteiger partial charge in [-0.2, -0.15) is 0 Å². The zero-order valence-corrected chi connectivity index (χ0v) is 37.3.